The standard InChI is InChI=1S/C26H46/c1-9-12-16-23-24-22(17-19(4)10-2)15-13-14-20(5)21(6)18-25(7,8)26(23,24)11-3/h13-15,19-21,23-24H,9-12,16-18H2,1-8H3. The third-order valence-corrected chi connectivity index (χ3v) is 8.36. The van der Waals surface area contributed by atoms with Crippen molar-refractivity contribution in [3.8, 4) is 0 Å². The van der Waals surface area contributed by atoms with Crippen molar-refractivity contribution >= 4 is 0 Å². The molecule has 0 nitrogen and oxygen atoms in total. The highest BCUT2D eigenvalue weighted by Gasteiger charge is 2.69. The molecule has 0 aromatic heterocycles. The zero-order valence-corrected chi connectivity index (χ0v) is 19.1. The number of hydrogen-bond acceptors (Lipinski definition) is 0. The van der Waals surface area contributed by atoms with Crippen molar-refractivity contribution in [3.63, 3.8) is 0 Å². The Morgan fingerprint density at radius 2 is 1.85 bits per heavy atom. The maximum atomic E-state index is 2.60. The summed E-state index contributed by atoms with van der Waals surface area (Å²) in [6.45, 7) is 19.7. The van der Waals surface area contributed by atoms with Crippen LogP contribution in [0.4, 0.5) is 0 Å². The number of allylic oxidation sites excluding steroid dienone is 4. The maximum absolute atomic E-state index is 2.60. The Hall–Kier alpha value is -0.520. The summed E-state index contributed by atoms with van der Waals surface area (Å²) in [4.78, 5) is 0. The molecule has 0 N–H and O–H groups in total. The summed E-state index contributed by atoms with van der Waals surface area (Å²) in [7, 11) is 0. The zero-order chi connectivity index (χ0) is 19.5. The normalized spacial score (nSPS) is 37.6. The van der Waals surface area contributed by atoms with Crippen LogP contribution < -0.4 is 0 Å². The van der Waals surface area contributed by atoms with Gasteiger partial charge in [-0.3, -0.25) is 0 Å². The van der Waals surface area contributed by atoms with Crippen LogP contribution in [0.25, 0.3) is 0 Å². The van der Waals surface area contributed by atoms with Crippen molar-refractivity contribution in [2.45, 2.75) is 100 Å². The molecule has 0 aliphatic heterocycles. The van der Waals surface area contributed by atoms with E-state index in [2.05, 4.69) is 73.6 Å². The number of fused-ring (bicyclic) bond motifs is 1. The van der Waals surface area contributed by atoms with E-state index < -0.39 is 0 Å². The fourth-order valence-corrected chi connectivity index (χ4v) is 6.41. The van der Waals surface area contributed by atoms with Crippen molar-refractivity contribution < 1.29 is 0 Å². The molecule has 2 aliphatic carbocycles. The quantitative estimate of drug-likeness (QED) is 0.428. The Balaban J connectivity index is 2.46. The fraction of sp³-hybridized carbons (Fsp3) is 0.846. The number of unbranched alkanes of at least 4 members (excludes halogenated alkanes) is 1. The second-order valence-corrected chi connectivity index (χ2v) is 10.4. The second-order valence-electron chi connectivity index (χ2n) is 10.4. The molecule has 0 bridgehead atoms. The monoisotopic (exact) mass is 358 g/mol. The molecular formula is C26H46. The number of hydrogen-bond donors (Lipinski definition) is 0. The van der Waals surface area contributed by atoms with Gasteiger partial charge in [0.25, 0.3) is 0 Å². The van der Waals surface area contributed by atoms with Crippen LogP contribution in [-0.2, 0) is 0 Å². The molecule has 26 heavy (non-hydrogen) atoms. The fourth-order valence-electron chi connectivity index (χ4n) is 6.41. The topological polar surface area (TPSA) is 0 Å². The van der Waals surface area contributed by atoms with Crippen molar-refractivity contribution in [1.29, 1.82) is 0 Å². The van der Waals surface area contributed by atoms with Crippen LogP contribution in [0.15, 0.2) is 23.8 Å². The first-order valence-corrected chi connectivity index (χ1v) is 11.6. The van der Waals surface area contributed by atoms with Gasteiger partial charge in [0.2, 0.25) is 0 Å². The highest BCUT2D eigenvalue weighted by atomic mass is 14.7. The lowest BCUT2D eigenvalue weighted by atomic mass is 9.64. The third kappa shape index (κ3) is 4.00. The van der Waals surface area contributed by atoms with Crippen LogP contribution in [-0.4, -0.2) is 0 Å². The van der Waals surface area contributed by atoms with Gasteiger partial charge in [-0.25, -0.2) is 0 Å². The zero-order valence-electron chi connectivity index (χ0n) is 19.1. The van der Waals surface area contributed by atoms with Crippen molar-refractivity contribution in [2.24, 2.45) is 40.4 Å². The molecule has 6 unspecified atom stereocenters. The molecule has 0 heteroatoms. The minimum absolute atomic E-state index is 0.429. The van der Waals surface area contributed by atoms with Gasteiger partial charge in [0.1, 0.15) is 0 Å². The predicted octanol–water partition coefficient (Wildman–Crippen LogP) is 8.44. The first-order chi connectivity index (χ1) is 12.2. The third-order valence-electron chi connectivity index (χ3n) is 8.36. The van der Waals surface area contributed by atoms with Gasteiger partial charge in [-0.15, -0.1) is 0 Å². The molecule has 0 radical (unpaired) electrons. The maximum Gasteiger partial charge on any atom is -0.0101 e. The van der Waals surface area contributed by atoms with Crippen LogP contribution in [0.3, 0.4) is 0 Å². The van der Waals surface area contributed by atoms with Gasteiger partial charge in [0.05, 0.1) is 0 Å². The highest BCUT2D eigenvalue weighted by molar-refractivity contribution is 5.32. The van der Waals surface area contributed by atoms with Crippen LogP contribution in [0.1, 0.15) is 100 Å². The van der Waals surface area contributed by atoms with E-state index >= 15 is 0 Å². The molecule has 150 valence electrons. The van der Waals surface area contributed by atoms with Gasteiger partial charge < -0.3 is 0 Å². The van der Waals surface area contributed by atoms with Gasteiger partial charge >= 0.3 is 0 Å². The van der Waals surface area contributed by atoms with Crippen LogP contribution >= 0.6 is 0 Å². The summed E-state index contributed by atoms with van der Waals surface area (Å²) < 4.78 is 0. The van der Waals surface area contributed by atoms with E-state index in [1.54, 1.807) is 5.57 Å². The smallest absolute Gasteiger partial charge is 0.0101 e. The molecule has 1 saturated carbocycles. The molecule has 1 fully saturated rings. The van der Waals surface area contributed by atoms with Gasteiger partial charge in [-0.1, -0.05) is 98.5 Å². The Morgan fingerprint density at radius 1 is 1.15 bits per heavy atom. The van der Waals surface area contributed by atoms with E-state index in [0.29, 0.717) is 16.7 Å². The lowest BCUT2D eigenvalue weighted by molar-refractivity contribution is 0.103. The summed E-state index contributed by atoms with van der Waals surface area (Å²) in [5.74, 6) is 3.98. The SMILES string of the molecule is CCCCC1C2C(CC(C)CC)=CC=CC(C)C(C)CC(C)(C)C12CC. The first kappa shape index (κ1) is 21.8. The van der Waals surface area contributed by atoms with Gasteiger partial charge in [-0.2, -0.15) is 0 Å². The molecule has 0 aromatic rings. The van der Waals surface area contributed by atoms with E-state index in [1.165, 1.54) is 44.9 Å². The molecule has 0 spiro atoms. The van der Waals surface area contributed by atoms with Crippen molar-refractivity contribution in [1.82, 2.24) is 0 Å². The Bertz CT molecular complexity index is 508. The molecular weight excluding hydrogens is 312 g/mol. The van der Waals surface area contributed by atoms with Gasteiger partial charge in [0.15, 0.2) is 0 Å². The Labute approximate surface area is 164 Å². The predicted molar refractivity (Wildman–Crippen MR) is 117 cm³/mol. The molecule has 0 aromatic carbocycles. The van der Waals surface area contributed by atoms with Crippen LogP contribution in [0, 0.1) is 40.4 Å². The molecule has 2 aliphatic rings. The summed E-state index contributed by atoms with van der Waals surface area (Å²) >= 11 is 0. The average Bonchev–Trinajstić information content (AvgIpc) is 3.27. The highest BCUT2D eigenvalue weighted by Crippen LogP contribution is 2.75. The molecule has 0 heterocycles. The largest absolute Gasteiger partial charge is 0.0814 e. The minimum Gasteiger partial charge on any atom is -0.0814 e. The minimum atomic E-state index is 0.429. The summed E-state index contributed by atoms with van der Waals surface area (Å²) in [6.07, 6.45) is 16.9. The van der Waals surface area contributed by atoms with Gasteiger partial charge in [0, 0.05) is 0 Å². The lowest BCUT2D eigenvalue weighted by Crippen LogP contribution is -2.32. The molecule has 2 rings (SSSR count). The average molecular weight is 359 g/mol. The van der Waals surface area contributed by atoms with Crippen LogP contribution in [0.2, 0.25) is 0 Å². The summed E-state index contributed by atoms with van der Waals surface area (Å²) in [6, 6.07) is 0. The van der Waals surface area contributed by atoms with E-state index in [9.17, 15) is 0 Å². The summed E-state index contributed by atoms with van der Waals surface area (Å²) in [5, 5.41) is 0. The second kappa shape index (κ2) is 8.66. The van der Waals surface area contributed by atoms with Crippen molar-refractivity contribution in [2.75, 3.05) is 0 Å². The molecule has 0 amide bonds. The van der Waals surface area contributed by atoms with Gasteiger partial charge in [-0.05, 0) is 66.1 Å². The lowest BCUT2D eigenvalue weighted by Gasteiger charge is -2.40. The molecule has 6 atom stereocenters. The van der Waals surface area contributed by atoms with E-state index in [1.807, 2.05) is 0 Å². The first-order valence-electron chi connectivity index (χ1n) is 11.6. The summed E-state index contributed by atoms with van der Waals surface area (Å²) in [5.41, 5.74) is 2.73. The van der Waals surface area contributed by atoms with Crippen LogP contribution in [0.5, 0.6) is 0 Å². The Kier molecular flexibility index (Phi) is 7.25. The van der Waals surface area contributed by atoms with Crippen molar-refractivity contribution in [3.05, 3.63) is 23.8 Å². The van der Waals surface area contributed by atoms with E-state index in [4.69, 9.17) is 0 Å². The number of rotatable bonds is 7. The molecule has 0 saturated heterocycles. The van der Waals surface area contributed by atoms with E-state index in [0.717, 1.165) is 23.7 Å². The van der Waals surface area contributed by atoms with E-state index in [-0.39, 0.29) is 0 Å². The Morgan fingerprint density at radius 3 is 2.42 bits per heavy atom.